The zero-order valence-corrected chi connectivity index (χ0v) is 16.8. The van der Waals surface area contributed by atoms with E-state index in [9.17, 15) is 9.59 Å². The number of rotatable bonds is 5. The van der Waals surface area contributed by atoms with Gasteiger partial charge in [-0.3, -0.25) is 4.79 Å². The maximum atomic E-state index is 13.0. The molecule has 0 N–H and O–H groups in total. The van der Waals surface area contributed by atoms with E-state index in [0.29, 0.717) is 24.3 Å². The lowest BCUT2D eigenvalue weighted by Gasteiger charge is -2.37. The Morgan fingerprint density at radius 1 is 1.14 bits per heavy atom. The first kappa shape index (κ1) is 19.4. The fourth-order valence-electron chi connectivity index (χ4n) is 4.63. The molecule has 6 nitrogen and oxygen atoms in total. The number of aryl methyl sites for hydroxylation is 1. The van der Waals surface area contributed by atoms with E-state index in [1.165, 1.54) is 0 Å². The van der Waals surface area contributed by atoms with Crippen LogP contribution in [0.2, 0.25) is 0 Å². The second kappa shape index (κ2) is 8.23. The van der Waals surface area contributed by atoms with Crippen LogP contribution in [0.25, 0.3) is 0 Å². The zero-order valence-electron chi connectivity index (χ0n) is 16.8. The highest BCUT2D eigenvalue weighted by atomic mass is 16.6. The number of aromatic nitrogens is 1. The molecule has 152 valence electrons. The fourth-order valence-corrected chi connectivity index (χ4v) is 4.63. The van der Waals surface area contributed by atoms with Crippen molar-refractivity contribution in [3.05, 3.63) is 59.3 Å². The van der Waals surface area contributed by atoms with Crippen LogP contribution in [0.3, 0.4) is 0 Å². The predicted octanol–water partition coefficient (Wildman–Crippen LogP) is 4.16. The van der Waals surface area contributed by atoms with Crippen molar-refractivity contribution < 1.29 is 19.1 Å². The Hall–Kier alpha value is -2.89. The molecule has 2 aliphatic rings. The summed E-state index contributed by atoms with van der Waals surface area (Å²) in [6, 6.07) is 11.7. The number of pyridine rings is 1. The molecule has 0 radical (unpaired) electrons. The number of ether oxygens (including phenoxy) is 2. The zero-order chi connectivity index (χ0) is 20.4. The Morgan fingerprint density at radius 2 is 1.83 bits per heavy atom. The minimum atomic E-state index is -0.269. The average Bonchev–Trinajstić information content (AvgIpc) is 3.01. The van der Waals surface area contributed by atoms with Crippen LogP contribution in [0.1, 0.15) is 47.2 Å². The number of fused-ring (bicyclic) bond motifs is 2. The van der Waals surface area contributed by atoms with E-state index >= 15 is 0 Å². The van der Waals surface area contributed by atoms with Crippen LogP contribution in [0.15, 0.2) is 42.6 Å². The number of Topliss-reactive ketones (excluding diaryl/α,β-unsaturated/α-hetero) is 1. The molecule has 2 aromatic rings. The van der Waals surface area contributed by atoms with Crippen LogP contribution in [0, 0.1) is 12.8 Å². The molecule has 1 aromatic carbocycles. The van der Waals surface area contributed by atoms with Crippen molar-refractivity contribution in [3.8, 4) is 5.88 Å². The Kier molecular flexibility index (Phi) is 5.51. The number of hydrogen-bond acceptors (Lipinski definition) is 5. The fraction of sp³-hybridized carbons (Fsp3) is 0.435. The summed E-state index contributed by atoms with van der Waals surface area (Å²) in [5, 5.41) is 0. The molecule has 29 heavy (non-hydrogen) atoms. The summed E-state index contributed by atoms with van der Waals surface area (Å²) in [5.41, 5.74) is 2.44. The van der Waals surface area contributed by atoms with Gasteiger partial charge < -0.3 is 14.4 Å². The molecule has 1 amide bonds. The lowest BCUT2D eigenvalue weighted by molar-refractivity contribution is 0.0485. The van der Waals surface area contributed by atoms with Gasteiger partial charge in [0.15, 0.2) is 5.78 Å². The summed E-state index contributed by atoms with van der Waals surface area (Å²) in [5.74, 6) is 0.565. The van der Waals surface area contributed by atoms with Gasteiger partial charge in [0.1, 0.15) is 6.61 Å². The third-order valence-corrected chi connectivity index (χ3v) is 6.03. The van der Waals surface area contributed by atoms with Gasteiger partial charge in [0, 0.05) is 35.3 Å². The van der Waals surface area contributed by atoms with Crippen LogP contribution in [-0.4, -0.2) is 41.0 Å². The third kappa shape index (κ3) is 3.97. The standard InChI is InChI=1S/C23H26N2O4/c1-15-10-18(13-24-22(15)28-2)21(26)17-11-19-8-9-20(12-17)25(19)23(27)29-14-16-6-4-3-5-7-16/h3-7,10,13,17,19-20H,8-9,11-12,14H2,1-2H3. The van der Waals surface area contributed by atoms with E-state index in [4.69, 9.17) is 9.47 Å². The second-order valence-electron chi connectivity index (χ2n) is 7.92. The molecule has 2 atom stereocenters. The van der Waals surface area contributed by atoms with Crippen molar-refractivity contribution in [3.63, 3.8) is 0 Å². The first-order valence-electron chi connectivity index (χ1n) is 10.1. The smallest absolute Gasteiger partial charge is 0.410 e. The predicted molar refractivity (Wildman–Crippen MR) is 108 cm³/mol. The van der Waals surface area contributed by atoms with Gasteiger partial charge in [0.25, 0.3) is 0 Å². The maximum Gasteiger partial charge on any atom is 0.410 e. The molecule has 2 fully saturated rings. The average molecular weight is 394 g/mol. The summed E-state index contributed by atoms with van der Waals surface area (Å²) in [6.07, 6.45) is 4.54. The van der Waals surface area contributed by atoms with Crippen molar-refractivity contribution in [2.75, 3.05) is 7.11 Å². The first-order chi connectivity index (χ1) is 14.1. The highest BCUT2D eigenvalue weighted by Crippen LogP contribution is 2.40. The van der Waals surface area contributed by atoms with Crippen LogP contribution in [0.4, 0.5) is 4.79 Å². The monoisotopic (exact) mass is 394 g/mol. The van der Waals surface area contributed by atoms with E-state index < -0.39 is 0 Å². The van der Waals surface area contributed by atoms with Gasteiger partial charge in [-0.2, -0.15) is 0 Å². The second-order valence-corrected chi connectivity index (χ2v) is 7.92. The molecule has 4 rings (SSSR count). The summed E-state index contributed by atoms with van der Waals surface area (Å²) >= 11 is 0. The number of piperidine rings is 1. The van der Waals surface area contributed by atoms with Gasteiger partial charge in [-0.1, -0.05) is 30.3 Å². The summed E-state index contributed by atoms with van der Waals surface area (Å²) in [6.45, 7) is 2.16. The van der Waals surface area contributed by atoms with E-state index in [0.717, 1.165) is 24.0 Å². The lowest BCUT2D eigenvalue weighted by Crippen LogP contribution is -2.48. The molecule has 2 bridgehead atoms. The molecule has 0 spiro atoms. The van der Waals surface area contributed by atoms with Gasteiger partial charge in [-0.05, 0) is 44.2 Å². The van der Waals surface area contributed by atoms with Gasteiger partial charge in [-0.15, -0.1) is 0 Å². The minimum absolute atomic E-state index is 0.0678. The van der Waals surface area contributed by atoms with Crippen LogP contribution in [0.5, 0.6) is 5.88 Å². The largest absolute Gasteiger partial charge is 0.481 e. The Morgan fingerprint density at radius 3 is 2.45 bits per heavy atom. The molecule has 6 heteroatoms. The summed E-state index contributed by atoms with van der Waals surface area (Å²) in [4.78, 5) is 31.8. The maximum absolute atomic E-state index is 13.0. The Labute approximate surface area is 170 Å². The quantitative estimate of drug-likeness (QED) is 0.712. The third-order valence-electron chi connectivity index (χ3n) is 6.03. The Bertz CT molecular complexity index is 885. The van der Waals surface area contributed by atoms with Crippen molar-refractivity contribution in [1.29, 1.82) is 0 Å². The number of amides is 1. The normalized spacial score (nSPS) is 23.0. The van der Waals surface area contributed by atoms with Crippen molar-refractivity contribution in [2.45, 2.75) is 51.3 Å². The SMILES string of the molecule is COc1ncc(C(=O)C2CC3CCC(C2)N3C(=O)OCc2ccccc2)cc1C. The highest BCUT2D eigenvalue weighted by Gasteiger charge is 2.46. The molecular formula is C23H26N2O4. The molecule has 3 heterocycles. The first-order valence-corrected chi connectivity index (χ1v) is 10.1. The number of nitrogens with zero attached hydrogens (tertiary/aromatic N) is 2. The summed E-state index contributed by atoms with van der Waals surface area (Å²) < 4.78 is 10.7. The van der Waals surface area contributed by atoms with Crippen LogP contribution >= 0.6 is 0 Å². The van der Waals surface area contributed by atoms with Gasteiger partial charge in [-0.25, -0.2) is 9.78 Å². The Balaban J connectivity index is 1.40. The van der Waals surface area contributed by atoms with Gasteiger partial charge in [0.05, 0.1) is 7.11 Å². The highest BCUT2D eigenvalue weighted by molar-refractivity contribution is 5.98. The van der Waals surface area contributed by atoms with E-state index in [1.807, 2.05) is 48.2 Å². The number of benzene rings is 1. The molecule has 2 saturated heterocycles. The molecule has 2 unspecified atom stereocenters. The number of carbonyl (C=O) groups is 2. The number of hydrogen-bond donors (Lipinski definition) is 0. The summed E-state index contributed by atoms with van der Waals surface area (Å²) in [7, 11) is 1.57. The van der Waals surface area contributed by atoms with Crippen molar-refractivity contribution in [1.82, 2.24) is 9.88 Å². The molecule has 0 saturated carbocycles. The van der Waals surface area contributed by atoms with E-state index in [-0.39, 0.29) is 36.5 Å². The number of methoxy groups -OCH3 is 1. The molecule has 0 aliphatic carbocycles. The van der Waals surface area contributed by atoms with Crippen LogP contribution in [-0.2, 0) is 11.3 Å². The van der Waals surface area contributed by atoms with Crippen LogP contribution < -0.4 is 4.74 Å². The molecule has 1 aromatic heterocycles. The number of carbonyl (C=O) groups excluding carboxylic acids is 2. The topological polar surface area (TPSA) is 68.7 Å². The van der Waals surface area contributed by atoms with E-state index in [1.54, 1.807) is 13.3 Å². The molecule has 2 aliphatic heterocycles. The van der Waals surface area contributed by atoms with Gasteiger partial charge >= 0.3 is 6.09 Å². The number of ketones is 1. The lowest BCUT2D eigenvalue weighted by atomic mass is 9.85. The van der Waals surface area contributed by atoms with Crippen molar-refractivity contribution >= 4 is 11.9 Å². The van der Waals surface area contributed by atoms with E-state index in [2.05, 4.69) is 4.98 Å². The minimum Gasteiger partial charge on any atom is -0.481 e. The molecular weight excluding hydrogens is 368 g/mol. The van der Waals surface area contributed by atoms with Gasteiger partial charge in [0.2, 0.25) is 5.88 Å². The van der Waals surface area contributed by atoms with Crippen molar-refractivity contribution in [2.24, 2.45) is 5.92 Å².